The van der Waals surface area contributed by atoms with Crippen molar-refractivity contribution >= 4 is 29.4 Å². The van der Waals surface area contributed by atoms with E-state index >= 15 is 0 Å². The van der Waals surface area contributed by atoms with Gasteiger partial charge < -0.3 is 15.7 Å². The van der Waals surface area contributed by atoms with E-state index in [9.17, 15) is 24.3 Å². The van der Waals surface area contributed by atoms with E-state index in [1.54, 1.807) is 66.6 Å². The van der Waals surface area contributed by atoms with E-state index in [0.29, 0.717) is 24.1 Å². The van der Waals surface area contributed by atoms with Crippen LogP contribution in [0.15, 0.2) is 84.9 Å². The summed E-state index contributed by atoms with van der Waals surface area (Å²) in [4.78, 5) is 48.2. The molecule has 0 aliphatic carbocycles. The van der Waals surface area contributed by atoms with Gasteiger partial charge in [-0.3, -0.25) is 9.59 Å². The maximum Gasteiger partial charge on any atom is 0.326 e. The van der Waals surface area contributed by atoms with E-state index in [1.807, 2.05) is 32.0 Å². The Hall–Kier alpha value is -4.48. The number of carboxylic acids is 1. The number of allylic oxidation sites excluding steroid dienone is 1. The average molecular weight is 513 g/mol. The minimum absolute atomic E-state index is 0.129. The summed E-state index contributed by atoms with van der Waals surface area (Å²) in [5.74, 6) is -0.325. The van der Waals surface area contributed by atoms with Gasteiger partial charge in [0.15, 0.2) is 0 Å². The molecule has 7 heteroatoms. The van der Waals surface area contributed by atoms with Crippen LogP contribution in [0.4, 0.5) is 5.69 Å². The number of hydrogen-bond acceptors (Lipinski definition) is 4. The zero-order valence-electron chi connectivity index (χ0n) is 21.5. The minimum atomic E-state index is -1.12. The van der Waals surface area contributed by atoms with Gasteiger partial charge >= 0.3 is 5.97 Å². The predicted molar refractivity (Wildman–Crippen MR) is 147 cm³/mol. The van der Waals surface area contributed by atoms with E-state index in [0.717, 1.165) is 16.7 Å². The number of amides is 2. The Morgan fingerprint density at radius 2 is 1.53 bits per heavy atom. The van der Waals surface area contributed by atoms with Gasteiger partial charge in [-0.1, -0.05) is 68.4 Å². The molecule has 7 nitrogen and oxygen atoms in total. The molecule has 0 heterocycles. The average Bonchev–Trinajstić information content (AvgIpc) is 2.91. The highest BCUT2D eigenvalue weighted by Crippen LogP contribution is 2.26. The Kier molecular flexibility index (Phi) is 10.1. The molecular formula is C31H32N2O5. The first-order valence-corrected chi connectivity index (χ1v) is 12.5. The third kappa shape index (κ3) is 8.29. The van der Waals surface area contributed by atoms with Crippen LogP contribution in [0.2, 0.25) is 0 Å². The van der Waals surface area contributed by atoms with Crippen LogP contribution in [-0.4, -0.2) is 34.9 Å². The second-order valence-electron chi connectivity index (χ2n) is 9.57. The molecule has 3 N–H and O–H groups in total. The zero-order valence-corrected chi connectivity index (χ0v) is 21.5. The van der Waals surface area contributed by atoms with Gasteiger partial charge in [0.25, 0.3) is 5.91 Å². The molecule has 0 saturated heterocycles. The number of carboxylic acid groups (broad SMARTS) is 1. The maximum atomic E-state index is 13.3. The van der Waals surface area contributed by atoms with Gasteiger partial charge in [0.2, 0.25) is 5.91 Å². The second-order valence-corrected chi connectivity index (χ2v) is 9.57. The molecule has 196 valence electrons. The van der Waals surface area contributed by atoms with E-state index in [1.165, 1.54) is 6.08 Å². The van der Waals surface area contributed by atoms with Gasteiger partial charge in [-0.25, -0.2) is 9.59 Å². The van der Waals surface area contributed by atoms with Crippen LogP contribution in [0.3, 0.4) is 0 Å². The smallest absolute Gasteiger partial charge is 0.326 e. The fraction of sp³-hybridized carbons (Fsp3) is 0.258. The molecule has 38 heavy (non-hydrogen) atoms. The summed E-state index contributed by atoms with van der Waals surface area (Å²) in [6, 6.07) is 22.1. The van der Waals surface area contributed by atoms with Crippen molar-refractivity contribution in [2.75, 3.05) is 5.32 Å². The van der Waals surface area contributed by atoms with Gasteiger partial charge in [-0.05, 0) is 53.3 Å². The molecule has 0 spiro atoms. The van der Waals surface area contributed by atoms with Gasteiger partial charge in [-0.15, -0.1) is 0 Å². The molecule has 0 aromatic heterocycles. The van der Waals surface area contributed by atoms with Crippen molar-refractivity contribution in [1.82, 2.24) is 5.32 Å². The third-order valence-corrected chi connectivity index (χ3v) is 6.13. The second kappa shape index (κ2) is 13.7. The number of nitrogens with one attached hydrogen (secondary N) is 2. The van der Waals surface area contributed by atoms with E-state index < -0.39 is 17.9 Å². The predicted octanol–water partition coefficient (Wildman–Crippen LogP) is 4.81. The standard InChI is InChI=1S/C31H32N2O5/c1-21(2)19-27(24-14-16-26(17-15-24)32-29(35)25-8-4-3-5-9-25)30(36)33-28(31(37)38)20-23-12-10-22(11-13-23)7-6-18-34/h3-6,8-17,21,27-28H,7,19-20H2,1-2H3,(H,32,35)(H,33,36)(H,37,38)/t27-,28+/m1/s1. The van der Waals surface area contributed by atoms with Gasteiger partial charge in [-0.2, -0.15) is 0 Å². The molecule has 0 aliphatic rings. The highest BCUT2D eigenvalue weighted by Gasteiger charge is 2.27. The Bertz CT molecular complexity index is 1280. The van der Waals surface area contributed by atoms with Crippen LogP contribution in [0, 0.1) is 5.92 Å². The Morgan fingerprint density at radius 1 is 0.895 bits per heavy atom. The Labute approximate surface area is 222 Å². The lowest BCUT2D eigenvalue weighted by atomic mass is 9.89. The van der Waals surface area contributed by atoms with Crippen molar-refractivity contribution in [2.24, 2.45) is 5.92 Å². The summed E-state index contributed by atoms with van der Waals surface area (Å²) >= 11 is 0. The van der Waals surface area contributed by atoms with Gasteiger partial charge in [0, 0.05) is 30.2 Å². The zero-order chi connectivity index (χ0) is 27.5. The molecule has 0 aliphatic heterocycles. The van der Waals surface area contributed by atoms with Crippen LogP contribution in [0.5, 0.6) is 0 Å². The van der Waals surface area contributed by atoms with Crippen molar-refractivity contribution in [3.05, 3.63) is 107 Å². The lowest BCUT2D eigenvalue weighted by molar-refractivity contribution is -0.142. The minimum Gasteiger partial charge on any atom is -0.480 e. The molecule has 0 radical (unpaired) electrons. The van der Waals surface area contributed by atoms with E-state index in [4.69, 9.17) is 0 Å². The van der Waals surface area contributed by atoms with Crippen molar-refractivity contribution in [3.63, 3.8) is 0 Å². The van der Waals surface area contributed by atoms with Crippen LogP contribution < -0.4 is 10.6 Å². The number of aliphatic carboxylic acids is 1. The first kappa shape index (κ1) is 28.1. The lowest BCUT2D eigenvalue weighted by Crippen LogP contribution is -2.44. The summed E-state index contributed by atoms with van der Waals surface area (Å²) in [6.45, 7) is 4.01. The number of carbonyl (C=O) groups excluding carboxylic acids is 3. The van der Waals surface area contributed by atoms with Crippen molar-refractivity contribution in [3.8, 4) is 0 Å². The molecule has 2 atom stereocenters. The largest absolute Gasteiger partial charge is 0.480 e. The summed E-state index contributed by atoms with van der Waals surface area (Å²) in [5.41, 5.74) is 3.55. The summed E-state index contributed by atoms with van der Waals surface area (Å²) < 4.78 is 0. The highest BCUT2D eigenvalue weighted by molar-refractivity contribution is 6.04. The monoisotopic (exact) mass is 512 g/mol. The highest BCUT2D eigenvalue weighted by atomic mass is 16.4. The molecule has 0 fully saturated rings. The van der Waals surface area contributed by atoms with Crippen LogP contribution in [0.25, 0.3) is 0 Å². The fourth-order valence-corrected chi connectivity index (χ4v) is 4.14. The van der Waals surface area contributed by atoms with E-state index in [-0.39, 0.29) is 24.2 Å². The number of rotatable bonds is 12. The Balaban J connectivity index is 1.71. The van der Waals surface area contributed by atoms with Crippen molar-refractivity contribution < 1.29 is 24.3 Å². The molecular weight excluding hydrogens is 480 g/mol. The summed E-state index contributed by atoms with van der Waals surface area (Å²) in [5, 5.41) is 15.4. The third-order valence-electron chi connectivity index (χ3n) is 6.13. The number of carbonyl (C=O) groups is 3. The molecule has 3 aromatic carbocycles. The van der Waals surface area contributed by atoms with Crippen LogP contribution >= 0.6 is 0 Å². The van der Waals surface area contributed by atoms with Crippen LogP contribution in [-0.2, 0) is 27.2 Å². The van der Waals surface area contributed by atoms with E-state index in [2.05, 4.69) is 10.6 Å². The summed E-state index contributed by atoms with van der Waals surface area (Å²) in [7, 11) is 0. The first-order chi connectivity index (χ1) is 18.3. The van der Waals surface area contributed by atoms with Crippen molar-refractivity contribution in [1.29, 1.82) is 0 Å². The maximum absolute atomic E-state index is 13.3. The SMILES string of the molecule is CC(C)C[C@@H](C(=O)N[C@@H](Cc1ccc(CC=C=O)cc1)C(=O)O)c1ccc(NC(=O)c2ccccc2)cc1. The number of benzene rings is 3. The Morgan fingerprint density at radius 3 is 2.11 bits per heavy atom. The molecule has 3 aromatic rings. The van der Waals surface area contributed by atoms with Crippen molar-refractivity contribution in [2.45, 2.75) is 45.1 Å². The molecule has 0 bridgehead atoms. The number of anilines is 1. The molecule has 3 rings (SSSR count). The first-order valence-electron chi connectivity index (χ1n) is 12.5. The number of hydrogen-bond donors (Lipinski definition) is 3. The quantitative estimate of drug-likeness (QED) is 0.302. The summed E-state index contributed by atoms with van der Waals surface area (Å²) in [6.07, 6.45) is 2.50. The molecule has 0 unspecified atom stereocenters. The topological polar surface area (TPSA) is 113 Å². The molecule has 0 saturated carbocycles. The fourth-order valence-electron chi connectivity index (χ4n) is 4.14. The normalized spacial score (nSPS) is 12.2. The molecule has 2 amide bonds. The van der Waals surface area contributed by atoms with Gasteiger partial charge in [0.1, 0.15) is 12.0 Å². The van der Waals surface area contributed by atoms with Crippen LogP contribution in [0.1, 0.15) is 53.2 Å². The van der Waals surface area contributed by atoms with Gasteiger partial charge in [0.05, 0.1) is 5.92 Å². The lowest BCUT2D eigenvalue weighted by Gasteiger charge is -2.22.